The second-order valence-corrected chi connectivity index (χ2v) is 16.3. The molecule has 52 heavy (non-hydrogen) atoms. The Hall–Kier alpha value is -5.96. The number of nitrogens with two attached hydrogens (primary N) is 1. The van der Waals surface area contributed by atoms with Crippen LogP contribution in [0.25, 0.3) is 39.1 Å². The molecule has 5 aromatic carbocycles. The van der Waals surface area contributed by atoms with Gasteiger partial charge in [-0.05, 0) is 47.8 Å². The minimum absolute atomic E-state index is 0.0931. The number of hydrogen-bond donors (Lipinski definition) is 1. The summed E-state index contributed by atoms with van der Waals surface area (Å²) in [4.78, 5) is 5.25. The van der Waals surface area contributed by atoms with Crippen molar-refractivity contribution < 1.29 is 4.57 Å². The van der Waals surface area contributed by atoms with Crippen LogP contribution in [-0.2, 0) is 4.57 Å². The molecular formula is C47H38N3OP. The van der Waals surface area contributed by atoms with Crippen LogP contribution in [0.3, 0.4) is 0 Å². The van der Waals surface area contributed by atoms with Crippen molar-refractivity contribution in [2.75, 3.05) is 0 Å². The number of allylic oxidation sites excluding steroid dienone is 9. The largest absolute Gasteiger partial charge is 0.385 e. The van der Waals surface area contributed by atoms with E-state index in [1.165, 1.54) is 5.57 Å². The number of benzene rings is 5. The third-order valence-electron chi connectivity index (χ3n) is 10.5. The van der Waals surface area contributed by atoms with Crippen LogP contribution in [0.2, 0.25) is 0 Å². The van der Waals surface area contributed by atoms with Crippen molar-refractivity contribution in [2.45, 2.75) is 19.4 Å². The van der Waals surface area contributed by atoms with E-state index in [1.54, 1.807) is 0 Å². The van der Waals surface area contributed by atoms with Crippen LogP contribution in [0.4, 0.5) is 0 Å². The summed E-state index contributed by atoms with van der Waals surface area (Å²) in [5.74, 6) is 0.837. The zero-order chi connectivity index (χ0) is 35.2. The quantitative estimate of drug-likeness (QED) is 0.140. The Balaban J connectivity index is 1.31. The molecule has 0 radical (unpaired) electrons. The number of aromatic nitrogens is 1. The van der Waals surface area contributed by atoms with E-state index in [2.05, 4.69) is 127 Å². The maximum atomic E-state index is 16.3. The summed E-state index contributed by atoms with van der Waals surface area (Å²) < 4.78 is 18.5. The molecular weight excluding hydrogens is 654 g/mol. The molecule has 0 saturated carbocycles. The molecule has 1 aromatic heterocycles. The Labute approximate surface area is 304 Å². The summed E-state index contributed by atoms with van der Waals surface area (Å²) >= 11 is 0. The number of hydrogen-bond acceptors (Lipinski definition) is 3. The summed E-state index contributed by atoms with van der Waals surface area (Å²) in [5.41, 5.74) is 16.3. The fourth-order valence-electron chi connectivity index (χ4n) is 8.04. The van der Waals surface area contributed by atoms with Crippen molar-refractivity contribution in [3.8, 4) is 22.4 Å². The molecule has 4 nitrogen and oxygen atoms in total. The number of aliphatic imine (C=N–C) groups is 1. The number of fused-ring (bicyclic) bond motifs is 8. The van der Waals surface area contributed by atoms with E-state index >= 15 is 4.57 Å². The van der Waals surface area contributed by atoms with Gasteiger partial charge in [0.05, 0.1) is 23.0 Å². The highest BCUT2D eigenvalue weighted by atomic mass is 31.2. The van der Waals surface area contributed by atoms with Gasteiger partial charge in [-0.15, -0.1) is 0 Å². The highest BCUT2D eigenvalue weighted by molar-refractivity contribution is 7.83. The molecule has 0 fully saturated rings. The van der Waals surface area contributed by atoms with Crippen molar-refractivity contribution in [1.82, 2.24) is 4.57 Å². The Morgan fingerprint density at radius 3 is 2.25 bits per heavy atom. The van der Waals surface area contributed by atoms with Crippen LogP contribution in [0.15, 0.2) is 192 Å². The van der Waals surface area contributed by atoms with Gasteiger partial charge in [-0.1, -0.05) is 158 Å². The molecule has 2 heterocycles. The zero-order valence-electron chi connectivity index (χ0n) is 28.9. The van der Waals surface area contributed by atoms with Gasteiger partial charge in [0, 0.05) is 44.4 Å². The first-order chi connectivity index (χ1) is 25.5. The average molecular weight is 692 g/mol. The van der Waals surface area contributed by atoms with Gasteiger partial charge >= 0.3 is 0 Å². The van der Waals surface area contributed by atoms with Crippen LogP contribution in [0.5, 0.6) is 0 Å². The van der Waals surface area contributed by atoms with Crippen LogP contribution in [-0.4, -0.2) is 10.3 Å². The molecule has 2 N–H and O–H groups in total. The second kappa shape index (κ2) is 13.0. The summed E-state index contributed by atoms with van der Waals surface area (Å²) in [6, 6.07) is 45.4. The second-order valence-electron chi connectivity index (χ2n) is 13.6. The molecule has 2 aliphatic carbocycles. The Morgan fingerprint density at radius 2 is 1.46 bits per heavy atom. The minimum Gasteiger partial charge on any atom is -0.385 e. The molecule has 0 spiro atoms. The van der Waals surface area contributed by atoms with E-state index < -0.39 is 7.14 Å². The molecule has 3 atom stereocenters. The van der Waals surface area contributed by atoms with Gasteiger partial charge in [0.1, 0.15) is 5.82 Å². The van der Waals surface area contributed by atoms with Gasteiger partial charge in [0.25, 0.3) is 0 Å². The zero-order valence-corrected chi connectivity index (χ0v) is 29.8. The first-order valence-corrected chi connectivity index (χ1v) is 19.6. The average Bonchev–Trinajstić information content (AvgIpc) is 3.51. The fourth-order valence-corrected chi connectivity index (χ4v) is 11.2. The van der Waals surface area contributed by atoms with Gasteiger partial charge in [0.2, 0.25) is 0 Å². The van der Waals surface area contributed by atoms with Gasteiger partial charge in [-0.2, -0.15) is 0 Å². The highest BCUT2D eigenvalue weighted by Crippen LogP contribution is 2.61. The van der Waals surface area contributed by atoms with E-state index in [0.717, 1.165) is 72.5 Å². The van der Waals surface area contributed by atoms with E-state index in [4.69, 9.17) is 10.7 Å². The van der Waals surface area contributed by atoms with Crippen molar-refractivity contribution in [1.29, 1.82) is 0 Å². The lowest BCUT2D eigenvalue weighted by molar-refractivity contribution is 0.590. The van der Waals surface area contributed by atoms with Gasteiger partial charge in [-0.25, -0.2) is 0 Å². The van der Waals surface area contributed by atoms with Crippen molar-refractivity contribution in [3.63, 3.8) is 0 Å². The van der Waals surface area contributed by atoms with E-state index in [1.807, 2.05) is 60.7 Å². The molecule has 1 aliphatic heterocycles. The molecule has 9 rings (SSSR count). The summed E-state index contributed by atoms with van der Waals surface area (Å²) in [5, 5.41) is 3.62. The summed E-state index contributed by atoms with van der Waals surface area (Å²) in [6.45, 7) is 2.11. The predicted octanol–water partition coefficient (Wildman–Crippen LogP) is 10.6. The number of para-hydroxylation sites is 1. The molecule has 252 valence electrons. The maximum absolute atomic E-state index is 16.3. The number of nitrogens with zero attached hydrogens (tertiary/aromatic N) is 2. The third-order valence-corrected chi connectivity index (χ3v) is 13.7. The van der Waals surface area contributed by atoms with Crippen LogP contribution in [0, 0.1) is 5.92 Å². The van der Waals surface area contributed by atoms with Crippen LogP contribution >= 0.6 is 7.14 Å². The van der Waals surface area contributed by atoms with Gasteiger partial charge in [0.15, 0.2) is 7.14 Å². The molecule has 3 unspecified atom stereocenters. The molecule has 0 bridgehead atoms. The fraction of sp³-hybridized carbons (Fsp3) is 0.0851. The first kappa shape index (κ1) is 32.0. The third kappa shape index (κ3) is 5.22. The normalized spacial score (nSPS) is 19.8. The van der Waals surface area contributed by atoms with E-state index in [9.17, 15) is 0 Å². The van der Waals surface area contributed by atoms with Gasteiger partial charge < -0.3 is 10.3 Å². The van der Waals surface area contributed by atoms with E-state index in [0.29, 0.717) is 11.7 Å². The van der Waals surface area contributed by atoms with Gasteiger partial charge in [-0.3, -0.25) is 9.56 Å². The Bertz CT molecular complexity index is 2600. The summed E-state index contributed by atoms with van der Waals surface area (Å²) in [6.07, 6.45) is 15.8. The smallest absolute Gasteiger partial charge is 0.171 e. The van der Waals surface area contributed by atoms with Crippen molar-refractivity contribution in [3.05, 3.63) is 198 Å². The molecule has 0 saturated heterocycles. The SMILES string of the molecule is CC(N=C(/C=C(\N)n1c2c(c3ccccc31)-c1ccccc1P(=O)(C1=CCC3C=CC=CC3=C1)c1ccccc1-2)c1ccccc1)c1ccccc1. The minimum atomic E-state index is -3.35. The monoisotopic (exact) mass is 691 g/mol. The molecule has 5 heteroatoms. The summed E-state index contributed by atoms with van der Waals surface area (Å²) in [7, 11) is -3.35. The van der Waals surface area contributed by atoms with Crippen molar-refractivity contribution >= 4 is 40.2 Å². The predicted molar refractivity (Wildman–Crippen MR) is 219 cm³/mol. The lowest BCUT2D eigenvalue weighted by atomic mass is 9.88. The molecule has 0 amide bonds. The van der Waals surface area contributed by atoms with Crippen molar-refractivity contribution in [2.24, 2.45) is 16.6 Å². The maximum Gasteiger partial charge on any atom is 0.171 e. The van der Waals surface area contributed by atoms with Crippen LogP contribution in [0.1, 0.15) is 30.5 Å². The molecule has 6 aromatic rings. The number of rotatable bonds is 6. The topological polar surface area (TPSA) is 60.4 Å². The van der Waals surface area contributed by atoms with Crippen LogP contribution < -0.4 is 16.3 Å². The lowest BCUT2D eigenvalue weighted by Crippen LogP contribution is -2.21. The highest BCUT2D eigenvalue weighted by Gasteiger charge is 2.41. The van der Waals surface area contributed by atoms with E-state index in [-0.39, 0.29) is 6.04 Å². The molecule has 3 aliphatic rings. The lowest BCUT2D eigenvalue weighted by Gasteiger charge is -2.28. The standard InChI is InChI=1S/C47H38N3OP/c1-32(33-16-4-2-5-17-33)49-41(35-19-6-3-7-20-35)31-45(48)50-42-25-13-10-22-38(42)46-39-23-11-14-26-43(39)52(51,44-27-15-12-24-40(44)47(46)50)37-29-28-34-18-8-9-21-36(34)30-37/h2-27,29-32,34H,28,48H2,1H3/b45-31+,49-41?. The Kier molecular flexibility index (Phi) is 7.98. The first-order valence-electron chi connectivity index (χ1n) is 17.9. The Morgan fingerprint density at radius 1 is 0.808 bits per heavy atom.